The Morgan fingerprint density at radius 1 is 0.750 bits per heavy atom. The third-order valence-corrected chi connectivity index (χ3v) is 6.15. The topological polar surface area (TPSA) is 78.9 Å². The van der Waals surface area contributed by atoms with Crippen molar-refractivity contribution in [2.24, 2.45) is 16.2 Å². The molecule has 0 N–H and O–H groups in total. The largest absolute Gasteiger partial charge is 0.458 e. The molecule has 0 aliphatic carbocycles. The lowest BCUT2D eigenvalue weighted by atomic mass is 9.58. The van der Waals surface area contributed by atoms with Crippen LogP contribution in [-0.2, 0) is 28.6 Å². The van der Waals surface area contributed by atoms with Crippen LogP contribution >= 0.6 is 0 Å². The molecule has 0 fully saturated rings. The highest BCUT2D eigenvalue weighted by Gasteiger charge is 2.58. The van der Waals surface area contributed by atoms with Crippen LogP contribution in [0.5, 0.6) is 0 Å². The first-order valence-electron chi connectivity index (χ1n) is 10.2. The van der Waals surface area contributed by atoms with Gasteiger partial charge in [-0.05, 0) is 30.6 Å². The van der Waals surface area contributed by atoms with Crippen molar-refractivity contribution in [2.45, 2.75) is 86.2 Å². The van der Waals surface area contributed by atoms with Gasteiger partial charge in [-0.2, -0.15) is 22.0 Å². The Morgan fingerprint density at radius 3 is 1.69 bits per heavy atom. The van der Waals surface area contributed by atoms with E-state index in [1.165, 1.54) is 0 Å². The molecule has 1 unspecified atom stereocenters. The van der Waals surface area contributed by atoms with Gasteiger partial charge in [-0.1, -0.05) is 48.0 Å². The first-order chi connectivity index (χ1) is 14.2. The summed E-state index contributed by atoms with van der Waals surface area (Å²) >= 11 is 0. The first kappa shape index (κ1) is 30.1. The second kappa shape index (κ2) is 10.8. The van der Waals surface area contributed by atoms with Gasteiger partial charge >= 0.3 is 30.0 Å². The maximum atomic E-state index is 12.9. The predicted molar refractivity (Wildman–Crippen MR) is 104 cm³/mol. The molecule has 32 heavy (non-hydrogen) atoms. The average Bonchev–Trinajstić information content (AvgIpc) is 2.64. The molecule has 1 atom stereocenters. The summed E-state index contributed by atoms with van der Waals surface area (Å²) in [6, 6.07) is 0. The molecule has 0 aromatic heterocycles. The Balaban J connectivity index is 4.87. The van der Waals surface area contributed by atoms with Crippen LogP contribution in [0.25, 0.3) is 0 Å². The summed E-state index contributed by atoms with van der Waals surface area (Å²) in [6.07, 6.45) is -5.16. The number of ether oxygens (including phenoxy) is 3. The number of hydrogen-bond donors (Lipinski definition) is 0. The van der Waals surface area contributed by atoms with E-state index in [1.54, 1.807) is 6.92 Å². The van der Waals surface area contributed by atoms with Gasteiger partial charge in [0.15, 0.2) is 6.61 Å². The zero-order valence-electron chi connectivity index (χ0n) is 19.6. The molecule has 0 saturated carbocycles. The molecule has 0 radical (unpaired) electrons. The minimum atomic E-state index is -5.90. The van der Waals surface area contributed by atoms with Crippen molar-refractivity contribution < 1.29 is 50.5 Å². The van der Waals surface area contributed by atoms with Crippen LogP contribution < -0.4 is 0 Å². The molecular weight excluding hydrogens is 443 g/mol. The Kier molecular flexibility index (Phi) is 10.1. The minimum Gasteiger partial charge on any atom is -0.458 e. The molecule has 0 amide bonds. The smallest absolute Gasteiger partial charge is 0.456 e. The van der Waals surface area contributed by atoms with Crippen LogP contribution in [0.4, 0.5) is 22.0 Å². The summed E-state index contributed by atoms with van der Waals surface area (Å²) in [4.78, 5) is 35.8. The summed E-state index contributed by atoms with van der Waals surface area (Å²) in [7, 11) is 0. The highest BCUT2D eigenvalue weighted by atomic mass is 19.4. The van der Waals surface area contributed by atoms with E-state index in [4.69, 9.17) is 4.74 Å². The molecule has 0 aromatic rings. The Hall–Kier alpha value is -1.94. The van der Waals surface area contributed by atoms with Gasteiger partial charge in [0.1, 0.15) is 6.42 Å². The van der Waals surface area contributed by atoms with Crippen molar-refractivity contribution in [3.05, 3.63) is 0 Å². The summed E-state index contributed by atoms with van der Waals surface area (Å²) < 4.78 is 75.0. The summed E-state index contributed by atoms with van der Waals surface area (Å²) in [5.74, 6) is -8.80. The number of rotatable bonds is 12. The second-order valence-corrected chi connectivity index (χ2v) is 9.37. The average molecular weight is 476 g/mol. The summed E-state index contributed by atoms with van der Waals surface area (Å²) in [5.41, 5.74) is -1.58. The molecule has 0 aliphatic rings. The van der Waals surface area contributed by atoms with Crippen LogP contribution in [0, 0.1) is 16.2 Å². The fourth-order valence-corrected chi connectivity index (χ4v) is 2.84. The lowest BCUT2D eigenvalue weighted by Gasteiger charge is -2.45. The lowest BCUT2D eigenvalue weighted by Crippen LogP contribution is -2.46. The Bertz CT molecular complexity index is 672. The van der Waals surface area contributed by atoms with Crippen LogP contribution in [0.15, 0.2) is 0 Å². The molecule has 0 aromatic carbocycles. The predicted octanol–water partition coefficient (Wildman–Crippen LogP) is 5.43. The summed E-state index contributed by atoms with van der Waals surface area (Å²) in [5, 5.41) is 0. The first-order valence-corrected chi connectivity index (χ1v) is 10.2. The highest BCUT2D eigenvalue weighted by Crippen LogP contribution is 2.50. The monoisotopic (exact) mass is 476 g/mol. The molecule has 0 heterocycles. The molecular formula is C21H33F5O6. The van der Waals surface area contributed by atoms with Crippen molar-refractivity contribution >= 4 is 17.9 Å². The number of hydrogen-bond acceptors (Lipinski definition) is 6. The van der Waals surface area contributed by atoms with Gasteiger partial charge in [-0.25, -0.2) is 0 Å². The lowest BCUT2D eigenvalue weighted by molar-refractivity contribution is -0.294. The van der Waals surface area contributed by atoms with Crippen molar-refractivity contribution in [2.75, 3.05) is 13.4 Å². The quantitative estimate of drug-likeness (QED) is 0.162. The van der Waals surface area contributed by atoms with Crippen molar-refractivity contribution in [1.29, 1.82) is 0 Å². The molecule has 0 aliphatic heterocycles. The van der Waals surface area contributed by atoms with Gasteiger partial charge in [0.05, 0.1) is 5.41 Å². The maximum Gasteiger partial charge on any atom is 0.456 e. The molecule has 0 rings (SSSR count). The molecule has 0 spiro atoms. The fraction of sp³-hybridized carbons (Fsp3) is 0.857. The number of carbonyl (C=O) groups is 3. The molecule has 0 saturated heterocycles. The van der Waals surface area contributed by atoms with Crippen molar-refractivity contribution in [3.63, 3.8) is 0 Å². The van der Waals surface area contributed by atoms with Crippen LogP contribution in [0.1, 0.15) is 74.1 Å². The third-order valence-electron chi connectivity index (χ3n) is 6.15. The van der Waals surface area contributed by atoms with E-state index in [0.29, 0.717) is 12.8 Å². The van der Waals surface area contributed by atoms with Gasteiger partial charge in [-0.15, -0.1) is 0 Å². The van der Waals surface area contributed by atoms with E-state index in [2.05, 4.69) is 9.47 Å². The molecule has 188 valence electrons. The van der Waals surface area contributed by atoms with Crippen molar-refractivity contribution in [3.8, 4) is 0 Å². The van der Waals surface area contributed by atoms with E-state index in [1.807, 2.05) is 41.5 Å². The van der Waals surface area contributed by atoms with Gasteiger partial charge in [0, 0.05) is 0 Å². The van der Waals surface area contributed by atoms with Gasteiger partial charge < -0.3 is 14.2 Å². The zero-order valence-corrected chi connectivity index (χ0v) is 19.6. The van der Waals surface area contributed by atoms with Gasteiger partial charge in [-0.3, -0.25) is 14.4 Å². The van der Waals surface area contributed by atoms with E-state index in [-0.39, 0.29) is 5.41 Å². The SMILES string of the molecule is CCC(C)(C)CC(C)(C(=O)OCOC(=O)CC(=O)OCC(F)(F)C(F)(F)F)C(C)(C)CC. The van der Waals surface area contributed by atoms with Crippen molar-refractivity contribution in [1.82, 2.24) is 0 Å². The third kappa shape index (κ3) is 8.20. The molecule has 11 heteroatoms. The number of halogens is 5. The standard InChI is InChI=1S/C21H33F5O6/c1-8-17(3,4)11-19(7,18(5,6)9-2)16(29)32-13-31-15(28)10-14(27)30-12-20(22,23)21(24,25)26/h8-13H2,1-7H3. The van der Waals surface area contributed by atoms with Crippen LogP contribution in [0.3, 0.4) is 0 Å². The van der Waals surface area contributed by atoms with Crippen LogP contribution in [-0.4, -0.2) is 43.4 Å². The van der Waals surface area contributed by atoms with Gasteiger partial charge in [0.2, 0.25) is 6.79 Å². The van der Waals surface area contributed by atoms with Gasteiger partial charge in [0.25, 0.3) is 0 Å². The number of alkyl halides is 5. The minimum absolute atomic E-state index is 0.181. The van der Waals surface area contributed by atoms with E-state index >= 15 is 0 Å². The molecule has 6 nitrogen and oxygen atoms in total. The highest BCUT2D eigenvalue weighted by molar-refractivity contribution is 5.91. The van der Waals surface area contributed by atoms with E-state index in [0.717, 1.165) is 6.42 Å². The Labute approximate surface area is 185 Å². The zero-order chi connectivity index (χ0) is 25.6. The second-order valence-electron chi connectivity index (χ2n) is 9.37. The van der Waals surface area contributed by atoms with E-state index in [9.17, 15) is 36.3 Å². The van der Waals surface area contributed by atoms with E-state index < -0.39 is 60.7 Å². The number of esters is 3. The molecule has 0 bridgehead atoms. The number of carbonyl (C=O) groups excluding carboxylic acids is 3. The summed E-state index contributed by atoms with van der Waals surface area (Å²) in [6.45, 7) is 10.4. The fourth-order valence-electron chi connectivity index (χ4n) is 2.84. The van der Waals surface area contributed by atoms with Crippen LogP contribution in [0.2, 0.25) is 0 Å². The normalized spacial score (nSPS) is 15.0. The maximum absolute atomic E-state index is 12.9. The Morgan fingerprint density at radius 2 is 1.25 bits per heavy atom.